The number of ether oxygens (including phenoxy) is 1. The molecule has 0 bridgehead atoms. The Morgan fingerprint density at radius 1 is 0.851 bits per heavy atom. The van der Waals surface area contributed by atoms with Crippen LogP contribution in [0.2, 0.25) is 0 Å². The number of alkyl carbamates (subject to hydrolysis) is 1. The Kier molecular flexibility index (Phi) is 16.5. The molecule has 0 aromatic heterocycles. The molecular formula is C32H47N7O8. The first kappa shape index (κ1) is 38.2. The number of rotatable bonds is 20. The van der Waals surface area contributed by atoms with Gasteiger partial charge >= 0.3 is 12.1 Å². The molecule has 0 aliphatic carbocycles. The maximum absolute atomic E-state index is 13.3. The van der Waals surface area contributed by atoms with E-state index in [1.54, 1.807) is 38.1 Å². The average molecular weight is 658 g/mol. The van der Waals surface area contributed by atoms with E-state index in [4.69, 9.17) is 10.5 Å². The van der Waals surface area contributed by atoms with Gasteiger partial charge in [-0.1, -0.05) is 39.3 Å². The van der Waals surface area contributed by atoms with Gasteiger partial charge in [0.2, 0.25) is 17.7 Å². The number of anilines is 1. The Balaban J connectivity index is 1.93. The van der Waals surface area contributed by atoms with Crippen LogP contribution in [0.15, 0.2) is 36.4 Å². The van der Waals surface area contributed by atoms with Crippen LogP contribution in [-0.2, 0) is 35.3 Å². The zero-order valence-electron chi connectivity index (χ0n) is 27.3. The molecule has 2 rings (SSSR count). The van der Waals surface area contributed by atoms with Crippen molar-refractivity contribution in [1.29, 1.82) is 0 Å². The highest BCUT2D eigenvalue weighted by atomic mass is 16.5. The predicted molar refractivity (Wildman–Crippen MR) is 173 cm³/mol. The van der Waals surface area contributed by atoms with Crippen molar-refractivity contribution in [2.24, 2.45) is 11.7 Å². The van der Waals surface area contributed by atoms with Gasteiger partial charge in [-0.15, -0.1) is 0 Å². The maximum atomic E-state index is 13.3. The molecule has 0 fully saturated rings. The number of carbonyl (C=O) groups is 7. The number of urea groups is 1. The lowest BCUT2D eigenvalue weighted by Crippen LogP contribution is -2.54. The van der Waals surface area contributed by atoms with Gasteiger partial charge in [-0.05, 0) is 55.7 Å². The van der Waals surface area contributed by atoms with E-state index in [-0.39, 0.29) is 56.2 Å². The summed E-state index contributed by atoms with van der Waals surface area (Å²) < 4.78 is 5.15. The molecule has 8 amide bonds. The highest BCUT2D eigenvalue weighted by Crippen LogP contribution is 2.13. The molecule has 15 heteroatoms. The number of nitrogens with zero attached hydrogens (tertiary/aromatic N) is 1. The first-order valence-corrected chi connectivity index (χ1v) is 15.9. The van der Waals surface area contributed by atoms with E-state index in [1.165, 1.54) is 12.2 Å². The summed E-state index contributed by atoms with van der Waals surface area (Å²) in [5.41, 5.74) is 6.29. The Bertz CT molecular complexity index is 1260. The van der Waals surface area contributed by atoms with Gasteiger partial charge in [0.1, 0.15) is 18.7 Å². The number of amides is 8. The van der Waals surface area contributed by atoms with Crippen molar-refractivity contribution in [1.82, 2.24) is 26.2 Å². The molecule has 0 spiro atoms. The molecule has 0 saturated carbocycles. The van der Waals surface area contributed by atoms with Crippen molar-refractivity contribution in [2.75, 3.05) is 25.0 Å². The van der Waals surface area contributed by atoms with Crippen LogP contribution in [0.3, 0.4) is 0 Å². The summed E-state index contributed by atoms with van der Waals surface area (Å²) in [6, 6.07) is 4.05. The lowest BCUT2D eigenvalue weighted by Gasteiger charge is -2.25. The molecular weight excluding hydrogens is 610 g/mol. The third-order valence-electron chi connectivity index (χ3n) is 7.16. The van der Waals surface area contributed by atoms with Crippen molar-refractivity contribution in [3.8, 4) is 0 Å². The van der Waals surface area contributed by atoms with Gasteiger partial charge in [0.15, 0.2) is 0 Å². The molecule has 0 radical (unpaired) electrons. The van der Waals surface area contributed by atoms with Crippen LogP contribution in [0, 0.1) is 5.92 Å². The van der Waals surface area contributed by atoms with E-state index in [9.17, 15) is 33.6 Å². The molecule has 258 valence electrons. The quantitative estimate of drug-likeness (QED) is 0.0895. The second-order valence-corrected chi connectivity index (χ2v) is 11.4. The minimum absolute atomic E-state index is 0.0516. The topological polar surface area (TPSA) is 218 Å². The van der Waals surface area contributed by atoms with E-state index >= 15 is 0 Å². The molecule has 2 atom stereocenters. The second kappa shape index (κ2) is 20.2. The highest BCUT2D eigenvalue weighted by Gasteiger charge is 2.29. The van der Waals surface area contributed by atoms with Gasteiger partial charge in [0.05, 0.1) is 0 Å². The summed E-state index contributed by atoms with van der Waals surface area (Å²) in [7, 11) is 0. The number of hydrogen-bond donors (Lipinski definition) is 6. The molecule has 1 aliphatic rings. The third-order valence-corrected chi connectivity index (χ3v) is 7.16. The van der Waals surface area contributed by atoms with Gasteiger partial charge in [-0.25, -0.2) is 9.59 Å². The lowest BCUT2D eigenvalue weighted by molar-refractivity contribution is -0.137. The summed E-state index contributed by atoms with van der Waals surface area (Å²) in [6.07, 6.45) is 5.02. The van der Waals surface area contributed by atoms with Gasteiger partial charge in [-0.2, -0.15) is 0 Å². The molecule has 7 N–H and O–H groups in total. The SMILES string of the molecule is CCCNC(=O)OCc1ccc(NC(=O)[C@H](CCCNC(N)=O)NC(=O)[C@@H](NC(=O)CCCCCN2C(=O)C=CC2=O)C(C)C)cc1. The smallest absolute Gasteiger partial charge is 0.407 e. The van der Waals surface area contributed by atoms with Crippen LogP contribution in [-0.4, -0.2) is 78.3 Å². The van der Waals surface area contributed by atoms with E-state index in [0.717, 1.165) is 11.3 Å². The van der Waals surface area contributed by atoms with Crippen LogP contribution in [0.5, 0.6) is 0 Å². The average Bonchev–Trinajstić information content (AvgIpc) is 3.35. The molecule has 0 unspecified atom stereocenters. The molecule has 1 aliphatic heterocycles. The van der Waals surface area contributed by atoms with Crippen molar-refractivity contribution in [3.63, 3.8) is 0 Å². The Morgan fingerprint density at radius 2 is 1.53 bits per heavy atom. The zero-order valence-corrected chi connectivity index (χ0v) is 27.3. The minimum Gasteiger partial charge on any atom is -0.445 e. The number of carbonyl (C=O) groups excluding carboxylic acids is 7. The number of primary amides is 1. The fraction of sp³-hybridized carbons (Fsp3) is 0.531. The maximum Gasteiger partial charge on any atom is 0.407 e. The summed E-state index contributed by atoms with van der Waals surface area (Å²) >= 11 is 0. The number of nitrogens with two attached hydrogens (primary N) is 1. The molecule has 1 heterocycles. The summed E-state index contributed by atoms with van der Waals surface area (Å²) in [6.45, 7) is 6.50. The molecule has 1 aromatic rings. The molecule has 0 saturated heterocycles. The number of unbranched alkanes of at least 4 members (excludes halogenated alkanes) is 2. The number of benzene rings is 1. The highest BCUT2D eigenvalue weighted by molar-refractivity contribution is 6.12. The summed E-state index contributed by atoms with van der Waals surface area (Å²) in [5.74, 6) is -2.36. The monoisotopic (exact) mass is 657 g/mol. The van der Waals surface area contributed by atoms with Crippen molar-refractivity contribution < 1.29 is 38.3 Å². The standard InChI is InChI=1S/C32H47N7O8/c1-4-17-35-32(46)47-20-22-11-13-23(14-12-22)36-29(43)24(9-8-18-34-31(33)45)37-30(44)28(21(2)3)38-25(40)10-6-5-7-19-39-26(41)15-16-27(39)42/h11-16,21,24,28H,4-10,17-20H2,1-3H3,(H,35,46)(H,36,43)(H,37,44)(H,38,40)(H3,33,34,45)/t24-,28-/m0/s1. The van der Waals surface area contributed by atoms with Gasteiger partial charge in [-0.3, -0.25) is 28.9 Å². The van der Waals surface area contributed by atoms with E-state index < -0.39 is 36.0 Å². The lowest BCUT2D eigenvalue weighted by atomic mass is 10.0. The number of imide groups is 1. The fourth-order valence-electron chi connectivity index (χ4n) is 4.55. The van der Waals surface area contributed by atoms with Crippen LogP contribution in [0.1, 0.15) is 71.3 Å². The Labute approximate surface area is 274 Å². The van der Waals surface area contributed by atoms with E-state index in [0.29, 0.717) is 43.5 Å². The third kappa shape index (κ3) is 14.3. The van der Waals surface area contributed by atoms with Gasteiger partial charge in [0, 0.05) is 43.9 Å². The van der Waals surface area contributed by atoms with Gasteiger partial charge in [0.25, 0.3) is 11.8 Å². The largest absolute Gasteiger partial charge is 0.445 e. The second-order valence-electron chi connectivity index (χ2n) is 11.4. The van der Waals surface area contributed by atoms with E-state index in [1.807, 2.05) is 6.92 Å². The Morgan fingerprint density at radius 3 is 2.15 bits per heavy atom. The van der Waals surface area contributed by atoms with Crippen LogP contribution in [0.25, 0.3) is 0 Å². The van der Waals surface area contributed by atoms with Crippen LogP contribution in [0.4, 0.5) is 15.3 Å². The van der Waals surface area contributed by atoms with Crippen molar-refractivity contribution in [3.05, 3.63) is 42.0 Å². The van der Waals surface area contributed by atoms with E-state index in [2.05, 4.69) is 26.6 Å². The summed E-state index contributed by atoms with van der Waals surface area (Å²) in [5, 5.41) is 13.3. The van der Waals surface area contributed by atoms with Gasteiger partial charge < -0.3 is 37.1 Å². The fourth-order valence-corrected chi connectivity index (χ4v) is 4.55. The molecule has 47 heavy (non-hydrogen) atoms. The molecule has 1 aromatic carbocycles. The zero-order chi connectivity index (χ0) is 34.8. The normalized spacial score (nSPS) is 13.6. The molecule has 15 nitrogen and oxygen atoms in total. The summed E-state index contributed by atoms with van der Waals surface area (Å²) in [4.78, 5) is 86.5. The number of hydrogen-bond acceptors (Lipinski definition) is 8. The van der Waals surface area contributed by atoms with Crippen LogP contribution >= 0.6 is 0 Å². The first-order valence-electron chi connectivity index (χ1n) is 15.9. The first-order chi connectivity index (χ1) is 22.4. The van der Waals surface area contributed by atoms with Crippen molar-refractivity contribution >= 4 is 47.3 Å². The Hall–Kier alpha value is -4.95. The minimum atomic E-state index is -0.994. The van der Waals surface area contributed by atoms with Crippen LogP contribution < -0.4 is 32.3 Å². The predicted octanol–water partition coefficient (Wildman–Crippen LogP) is 1.82. The van der Waals surface area contributed by atoms with Crippen molar-refractivity contribution in [2.45, 2.75) is 84.4 Å². The number of nitrogens with one attached hydrogen (secondary N) is 5.